The van der Waals surface area contributed by atoms with Gasteiger partial charge in [-0.3, -0.25) is 9.59 Å². The van der Waals surface area contributed by atoms with Crippen molar-refractivity contribution in [3.63, 3.8) is 0 Å². The summed E-state index contributed by atoms with van der Waals surface area (Å²) in [5.41, 5.74) is 1.40. The molecule has 0 unspecified atom stereocenters. The van der Waals surface area contributed by atoms with Gasteiger partial charge >= 0.3 is 0 Å². The Bertz CT molecular complexity index is 831. The zero-order chi connectivity index (χ0) is 24.7. The summed E-state index contributed by atoms with van der Waals surface area (Å²) >= 11 is 5.52. The molecule has 0 aliphatic rings. The maximum Gasteiger partial charge on any atom is 0.295 e. The molecular weight excluding hydrogens is 465 g/mol. The molecule has 32 heavy (non-hydrogen) atoms. The van der Waals surface area contributed by atoms with E-state index in [2.05, 4.69) is 36.9 Å². The third kappa shape index (κ3) is 15.2. The van der Waals surface area contributed by atoms with E-state index in [0.717, 1.165) is 13.0 Å². The number of carbonyl (C=O) groups is 2. The van der Waals surface area contributed by atoms with E-state index in [0.29, 0.717) is 22.9 Å². The van der Waals surface area contributed by atoms with Crippen LogP contribution in [0.2, 0.25) is 0 Å². The molecule has 0 fully saturated rings. The minimum absolute atomic E-state index is 0.0261. The molecule has 0 atom stereocenters. The Balaban J connectivity index is 4.26. The molecule has 0 spiro atoms. The molecule has 0 aliphatic heterocycles. The van der Waals surface area contributed by atoms with Crippen molar-refractivity contribution in [2.24, 2.45) is 0 Å². The van der Waals surface area contributed by atoms with Gasteiger partial charge in [0.2, 0.25) is 5.91 Å². The van der Waals surface area contributed by atoms with E-state index in [1.807, 2.05) is 0 Å². The van der Waals surface area contributed by atoms with Crippen LogP contribution >= 0.6 is 23.4 Å². The molecular formula is C22H26ClF3N2O3S. The zero-order valence-corrected chi connectivity index (χ0v) is 19.3. The van der Waals surface area contributed by atoms with Gasteiger partial charge in [-0.15, -0.1) is 0 Å². The SMILES string of the molecule is C=C/C(=C\C(F)=C\Cl)OCC(=O)NCCC(=C)C(=O)NCC(=C)/C=C\C(=C)SC(C)(F)F. The lowest BCUT2D eigenvalue weighted by Crippen LogP contribution is -2.31. The van der Waals surface area contributed by atoms with Crippen LogP contribution in [0.15, 0.2) is 83.8 Å². The van der Waals surface area contributed by atoms with Gasteiger partial charge in [0.15, 0.2) is 6.61 Å². The van der Waals surface area contributed by atoms with Crippen molar-refractivity contribution in [3.05, 3.63) is 83.8 Å². The van der Waals surface area contributed by atoms with Crippen molar-refractivity contribution in [2.45, 2.75) is 18.6 Å². The maximum absolute atomic E-state index is 13.0. The second-order valence-corrected chi connectivity index (χ2v) is 7.95. The largest absolute Gasteiger partial charge is 0.484 e. The Morgan fingerprint density at radius 1 is 1.19 bits per heavy atom. The minimum Gasteiger partial charge on any atom is -0.484 e. The molecule has 2 amide bonds. The Morgan fingerprint density at radius 2 is 1.84 bits per heavy atom. The van der Waals surface area contributed by atoms with Crippen LogP contribution in [0.1, 0.15) is 13.3 Å². The summed E-state index contributed by atoms with van der Waals surface area (Å²) in [4.78, 5) is 23.9. The summed E-state index contributed by atoms with van der Waals surface area (Å²) in [6, 6.07) is 0. The summed E-state index contributed by atoms with van der Waals surface area (Å²) < 4.78 is 43.9. The van der Waals surface area contributed by atoms with Gasteiger partial charge in [0.1, 0.15) is 11.6 Å². The average Bonchev–Trinajstić information content (AvgIpc) is 2.71. The lowest BCUT2D eigenvalue weighted by Gasteiger charge is -2.10. The van der Waals surface area contributed by atoms with Crippen molar-refractivity contribution in [1.82, 2.24) is 10.6 Å². The van der Waals surface area contributed by atoms with E-state index in [1.165, 1.54) is 18.2 Å². The molecule has 0 aromatic rings. The molecule has 0 heterocycles. The molecule has 10 heteroatoms. The minimum atomic E-state index is -2.93. The lowest BCUT2D eigenvalue weighted by atomic mass is 10.2. The number of ether oxygens (including phenoxy) is 1. The first-order chi connectivity index (χ1) is 14.9. The van der Waals surface area contributed by atoms with E-state index >= 15 is 0 Å². The number of thioether (sulfide) groups is 1. The van der Waals surface area contributed by atoms with Gasteiger partial charge in [0.25, 0.3) is 11.2 Å². The van der Waals surface area contributed by atoms with Crippen molar-refractivity contribution >= 4 is 35.2 Å². The van der Waals surface area contributed by atoms with Crippen LogP contribution in [-0.4, -0.2) is 36.8 Å². The fourth-order valence-corrected chi connectivity index (χ4v) is 2.51. The number of amides is 2. The van der Waals surface area contributed by atoms with Gasteiger partial charge in [-0.25, -0.2) is 4.39 Å². The van der Waals surface area contributed by atoms with Crippen LogP contribution in [0.5, 0.6) is 0 Å². The van der Waals surface area contributed by atoms with Crippen molar-refractivity contribution in [1.29, 1.82) is 0 Å². The summed E-state index contributed by atoms with van der Waals surface area (Å²) in [7, 11) is 0. The predicted octanol–water partition coefficient (Wildman–Crippen LogP) is 5.27. The van der Waals surface area contributed by atoms with Gasteiger partial charge in [0, 0.05) is 42.1 Å². The number of allylic oxidation sites excluding steroid dienone is 4. The first kappa shape index (κ1) is 29.4. The van der Waals surface area contributed by atoms with Gasteiger partial charge < -0.3 is 15.4 Å². The number of halogens is 4. The van der Waals surface area contributed by atoms with E-state index < -0.39 is 22.9 Å². The molecule has 0 rings (SSSR count). The number of nitrogens with one attached hydrogen (secondary N) is 2. The van der Waals surface area contributed by atoms with Crippen molar-refractivity contribution < 1.29 is 27.5 Å². The highest BCUT2D eigenvalue weighted by Gasteiger charge is 2.22. The second kappa shape index (κ2) is 15.2. The van der Waals surface area contributed by atoms with Crippen LogP contribution in [0, 0.1) is 0 Å². The zero-order valence-electron chi connectivity index (χ0n) is 17.7. The average molecular weight is 491 g/mol. The monoisotopic (exact) mass is 490 g/mol. The molecule has 0 aromatic heterocycles. The topological polar surface area (TPSA) is 67.4 Å². The highest BCUT2D eigenvalue weighted by Crippen LogP contribution is 2.34. The van der Waals surface area contributed by atoms with Crippen LogP contribution in [0.3, 0.4) is 0 Å². The second-order valence-electron chi connectivity index (χ2n) is 6.29. The number of alkyl halides is 2. The molecule has 2 N–H and O–H groups in total. The van der Waals surface area contributed by atoms with E-state index in [9.17, 15) is 22.8 Å². The third-order valence-corrected chi connectivity index (χ3v) is 4.28. The fraction of sp³-hybridized carbons (Fsp3) is 0.273. The highest BCUT2D eigenvalue weighted by atomic mass is 35.5. The Hall–Kier alpha value is -2.65. The summed E-state index contributed by atoms with van der Waals surface area (Å²) in [5, 5.41) is 2.18. The normalized spacial score (nSPS) is 12.3. The van der Waals surface area contributed by atoms with Crippen molar-refractivity contribution in [3.8, 4) is 0 Å². The van der Waals surface area contributed by atoms with E-state index in [-0.39, 0.29) is 42.4 Å². The standard InChI is InChI=1S/C22H26ClF3N2O3S/c1-6-19(11-18(24)12-23)31-14-20(29)27-10-9-16(3)21(30)28-13-15(2)7-8-17(4)32-22(5,25)26/h6-8,11-12H,1-4,9-10,13-14H2,5H3,(H,27,29)(H,28,30)/b8-7-,18-12-,19-11+. The van der Waals surface area contributed by atoms with E-state index in [4.69, 9.17) is 16.3 Å². The van der Waals surface area contributed by atoms with Crippen LogP contribution in [0.4, 0.5) is 13.2 Å². The van der Waals surface area contributed by atoms with E-state index in [1.54, 1.807) is 0 Å². The Morgan fingerprint density at radius 3 is 2.41 bits per heavy atom. The molecule has 0 saturated heterocycles. The maximum atomic E-state index is 13.0. The summed E-state index contributed by atoms with van der Waals surface area (Å²) in [6.45, 7) is 14.9. The summed E-state index contributed by atoms with van der Waals surface area (Å²) in [5.74, 6) is -1.67. The smallest absolute Gasteiger partial charge is 0.295 e. The quantitative estimate of drug-likeness (QED) is 0.186. The number of hydrogen-bond acceptors (Lipinski definition) is 4. The van der Waals surface area contributed by atoms with Crippen LogP contribution < -0.4 is 10.6 Å². The predicted molar refractivity (Wildman–Crippen MR) is 125 cm³/mol. The molecule has 0 aliphatic carbocycles. The molecule has 0 radical (unpaired) electrons. The Labute approximate surface area is 195 Å². The molecule has 0 aromatic carbocycles. The summed E-state index contributed by atoms with van der Waals surface area (Å²) in [6.07, 6.45) is 5.22. The molecule has 176 valence electrons. The molecule has 5 nitrogen and oxygen atoms in total. The molecule has 0 saturated carbocycles. The fourth-order valence-electron chi connectivity index (χ4n) is 1.85. The van der Waals surface area contributed by atoms with Crippen molar-refractivity contribution in [2.75, 3.05) is 19.7 Å². The Kier molecular flexibility index (Phi) is 13.9. The van der Waals surface area contributed by atoms with Gasteiger partial charge in [-0.2, -0.15) is 8.78 Å². The first-order valence-electron chi connectivity index (χ1n) is 9.15. The van der Waals surface area contributed by atoms with Crippen LogP contribution in [-0.2, 0) is 14.3 Å². The van der Waals surface area contributed by atoms with Crippen LogP contribution in [0.25, 0.3) is 0 Å². The van der Waals surface area contributed by atoms with Gasteiger partial charge in [0.05, 0.1) is 0 Å². The lowest BCUT2D eigenvalue weighted by molar-refractivity contribution is -0.124. The van der Waals surface area contributed by atoms with Gasteiger partial charge in [-0.1, -0.05) is 55.8 Å². The number of carbonyl (C=O) groups excluding carboxylic acids is 2. The van der Waals surface area contributed by atoms with Gasteiger partial charge in [-0.05, 0) is 24.1 Å². The number of hydrogen-bond donors (Lipinski definition) is 2. The molecule has 0 bridgehead atoms. The highest BCUT2D eigenvalue weighted by molar-refractivity contribution is 8.04. The number of rotatable bonds is 15. The third-order valence-electron chi connectivity index (χ3n) is 3.32. The first-order valence-corrected chi connectivity index (χ1v) is 10.4.